The topological polar surface area (TPSA) is 160 Å². The number of carbonyl (C=O) groups is 4. The number of aldehydes is 2. The molecule has 0 saturated carbocycles. The Labute approximate surface area is 240 Å². The molecule has 2 atom stereocenters. The SMILES string of the molecule is CN1CC(OC(=O)C(=O)OC2(C3=NCCN3)CN(C)c3cc(C=O)ccc3O2)(C2=NCCN2)Oc2ccc(C=O)cc21. The van der Waals surface area contributed by atoms with E-state index in [2.05, 4.69) is 20.6 Å². The Morgan fingerprint density at radius 2 is 1.21 bits per heavy atom. The van der Waals surface area contributed by atoms with E-state index in [9.17, 15) is 19.2 Å². The maximum atomic E-state index is 13.4. The summed E-state index contributed by atoms with van der Waals surface area (Å²) in [5.41, 5.74) is 2.10. The zero-order valence-corrected chi connectivity index (χ0v) is 22.9. The van der Waals surface area contributed by atoms with Gasteiger partial charge in [-0.1, -0.05) is 0 Å². The number of fused-ring (bicyclic) bond motifs is 2. The average Bonchev–Trinajstić information content (AvgIpc) is 3.73. The fraction of sp³-hybridized carbons (Fsp3) is 0.357. The van der Waals surface area contributed by atoms with Gasteiger partial charge in [-0.25, -0.2) is 9.59 Å². The number of hydrogen-bond donors (Lipinski definition) is 2. The van der Waals surface area contributed by atoms with Crippen LogP contribution >= 0.6 is 0 Å². The minimum Gasteiger partial charge on any atom is -0.442 e. The monoisotopic (exact) mass is 576 g/mol. The van der Waals surface area contributed by atoms with E-state index in [4.69, 9.17) is 18.9 Å². The minimum atomic E-state index is -1.80. The Hall–Kier alpha value is -5.14. The Balaban J connectivity index is 1.29. The van der Waals surface area contributed by atoms with Gasteiger partial charge in [-0.2, -0.15) is 0 Å². The number of aliphatic imine (C=N–C) groups is 2. The molecule has 2 unspecified atom stereocenters. The zero-order valence-electron chi connectivity index (χ0n) is 22.9. The summed E-state index contributed by atoms with van der Waals surface area (Å²) in [7, 11) is 3.48. The number of anilines is 2. The molecule has 0 radical (unpaired) electrons. The number of nitrogens with one attached hydrogen (secondary N) is 2. The van der Waals surface area contributed by atoms with Crippen molar-refractivity contribution in [1.29, 1.82) is 0 Å². The number of esters is 2. The van der Waals surface area contributed by atoms with Crippen LogP contribution in [0.25, 0.3) is 0 Å². The Bertz CT molecular complexity index is 1430. The van der Waals surface area contributed by atoms with Gasteiger partial charge in [-0.05, 0) is 36.4 Å². The number of carbonyl (C=O) groups excluding carboxylic acids is 4. The number of nitrogens with zero attached hydrogens (tertiary/aromatic N) is 4. The highest BCUT2D eigenvalue weighted by Gasteiger charge is 2.53. The number of amidine groups is 2. The molecule has 6 rings (SSSR count). The summed E-state index contributed by atoms with van der Waals surface area (Å²) in [5.74, 6) is -5.12. The maximum absolute atomic E-state index is 13.4. The van der Waals surface area contributed by atoms with Crippen molar-refractivity contribution in [3.05, 3.63) is 47.5 Å². The summed E-state index contributed by atoms with van der Waals surface area (Å²) in [6.07, 6.45) is 1.44. The number of rotatable bonds is 6. The van der Waals surface area contributed by atoms with Crippen molar-refractivity contribution >= 4 is 47.6 Å². The smallest absolute Gasteiger partial charge is 0.421 e. The molecular formula is C28H28N6O8. The third-order valence-electron chi connectivity index (χ3n) is 7.25. The first kappa shape index (κ1) is 27.1. The van der Waals surface area contributed by atoms with E-state index in [0.717, 1.165) is 12.6 Å². The van der Waals surface area contributed by atoms with E-state index in [0.29, 0.717) is 60.2 Å². The molecule has 0 bridgehead atoms. The van der Waals surface area contributed by atoms with Crippen molar-refractivity contribution in [2.24, 2.45) is 9.98 Å². The second-order valence-corrected chi connectivity index (χ2v) is 10.2. The van der Waals surface area contributed by atoms with Gasteiger partial charge in [-0.3, -0.25) is 19.6 Å². The third-order valence-corrected chi connectivity index (χ3v) is 7.25. The van der Waals surface area contributed by atoms with Crippen molar-refractivity contribution in [1.82, 2.24) is 10.6 Å². The van der Waals surface area contributed by atoms with Crippen LogP contribution in [0.5, 0.6) is 11.5 Å². The molecule has 0 aromatic heterocycles. The van der Waals surface area contributed by atoms with Gasteiger partial charge in [-0.15, -0.1) is 0 Å². The predicted molar refractivity (Wildman–Crippen MR) is 150 cm³/mol. The van der Waals surface area contributed by atoms with E-state index in [1.165, 1.54) is 0 Å². The van der Waals surface area contributed by atoms with Crippen molar-refractivity contribution in [2.75, 3.05) is 63.2 Å². The third kappa shape index (κ3) is 4.63. The van der Waals surface area contributed by atoms with Gasteiger partial charge in [0.25, 0.3) is 0 Å². The first-order valence-electron chi connectivity index (χ1n) is 13.3. The lowest BCUT2D eigenvalue weighted by molar-refractivity contribution is -0.202. The van der Waals surface area contributed by atoms with Crippen LogP contribution in [0.2, 0.25) is 0 Å². The minimum absolute atomic E-state index is 0.0295. The molecule has 0 saturated heterocycles. The lowest BCUT2D eigenvalue weighted by Crippen LogP contribution is -2.63. The first-order valence-corrected chi connectivity index (χ1v) is 13.3. The lowest BCUT2D eigenvalue weighted by Gasteiger charge is -2.43. The molecule has 218 valence electrons. The number of hydrogen-bond acceptors (Lipinski definition) is 14. The fourth-order valence-electron chi connectivity index (χ4n) is 5.34. The second-order valence-electron chi connectivity index (χ2n) is 10.2. The number of benzene rings is 2. The predicted octanol–water partition coefficient (Wildman–Crippen LogP) is 0.151. The molecule has 14 nitrogen and oxygen atoms in total. The summed E-state index contributed by atoms with van der Waals surface area (Å²) in [6.45, 7) is 1.76. The maximum Gasteiger partial charge on any atom is 0.421 e. The second kappa shape index (κ2) is 10.4. The molecule has 2 aromatic carbocycles. The van der Waals surface area contributed by atoms with Gasteiger partial charge in [0.05, 0.1) is 24.5 Å². The molecule has 0 spiro atoms. The molecule has 4 aliphatic heterocycles. The van der Waals surface area contributed by atoms with Crippen LogP contribution in [0, 0.1) is 0 Å². The van der Waals surface area contributed by atoms with Gasteiger partial charge in [0.1, 0.15) is 37.2 Å². The molecule has 0 amide bonds. The fourth-order valence-corrected chi connectivity index (χ4v) is 5.34. The summed E-state index contributed by atoms with van der Waals surface area (Å²) >= 11 is 0. The van der Waals surface area contributed by atoms with Crippen molar-refractivity contribution in [3.63, 3.8) is 0 Å². The van der Waals surface area contributed by atoms with Crippen molar-refractivity contribution in [3.8, 4) is 11.5 Å². The van der Waals surface area contributed by atoms with E-state index in [1.807, 2.05) is 0 Å². The molecule has 4 aliphatic rings. The van der Waals surface area contributed by atoms with Crippen LogP contribution in [-0.2, 0) is 19.1 Å². The first-order chi connectivity index (χ1) is 20.3. The summed E-state index contributed by atoms with van der Waals surface area (Å²) in [4.78, 5) is 61.8. The van der Waals surface area contributed by atoms with Crippen LogP contribution in [0.4, 0.5) is 11.4 Å². The molecule has 0 aliphatic carbocycles. The van der Waals surface area contributed by atoms with Crippen LogP contribution < -0.4 is 29.9 Å². The van der Waals surface area contributed by atoms with Crippen molar-refractivity contribution in [2.45, 2.75) is 11.6 Å². The van der Waals surface area contributed by atoms with E-state index in [-0.39, 0.29) is 24.8 Å². The van der Waals surface area contributed by atoms with E-state index < -0.39 is 23.5 Å². The molecule has 0 fully saturated rings. The van der Waals surface area contributed by atoms with Gasteiger partial charge >= 0.3 is 23.5 Å². The summed E-state index contributed by atoms with van der Waals surface area (Å²) in [5, 5.41) is 6.15. The van der Waals surface area contributed by atoms with Gasteiger partial charge in [0, 0.05) is 38.3 Å². The van der Waals surface area contributed by atoms with Crippen LogP contribution in [0.3, 0.4) is 0 Å². The van der Waals surface area contributed by atoms with Crippen LogP contribution in [0.15, 0.2) is 46.4 Å². The van der Waals surface area contributed by atoms with Gasteiger partial charge < -0.3 is 39.4 Å². The van der Waals surface area contributed by atoms with Crippen molar-refractivity contribution < 1.29 is 38.1 Å². The standard InChI is InChI=1S/C28H28N6O8/c1-33-15-27(25-29-7-8-30-25,39-21-5-3-17(13-35)11-19(21)33)41-23(37)24(38)42-28(26-31-9-10-32-26)16-34(2)20-12-18(14-36)4-6-22(20)40-28/h3-6,11-14H,7-10,15-16H2,1-2H3,(H,29,30)(H,31,32). The molecule has 2 N–H and O–H groups in total. The zero-order chi connectivity index (χ0) is 29.5. The average molecular weight is 577 g/mol. The molecule has 14 heteroatoms. The van der Waals surface area contributed by atoms with Crippen LogP contribution in [-0.4, -0.2) is 101 Å². The lowest BCUT2D eigenvalue weighted by atomic mass is 10.1. The number of likely N-dealkylation sites (N-methyl/N-ethyl adjacent to an activating group) is 2. The molecule has 2 aromatic rings. The molecule has 4 heterocycles. The van der Waals surface area contributed by atoms with Crippen LogP contribution in [0.1, 0.15) is 20.7 Å². The Morgan fingerprint density at radius 1 is 0.786 bits per heavy atom. The highest BCUT2D eigenvalue weighted by atomic mass is 16.8. The largest absolute Gasteiger partial charge is 0.442 e. The molecular weight excluding hydrogens is 548 g/mol. The molecule has 42 heavy (non-hydrogen) atoms. The Morgan fingerprint density at radius 3 is 1.57 bits per heavy atom. The quantitative estimate of drug-likeness (QED) is 0.273. The van der Waals surface area contributed by atoms with E-state index >= 15 is 0 Å². The summed E-state index contributed by atoms with van der Waals surface area (Å²) < 4.78 is 23.9. The summed E-state index contributed by atoms with van der Waals surface area (Å²) in [6, 6.07) is 9.62. The van der Waals surface area contributed by atoms with Gasteiger partial charge in [0.15, 0.2) is 11.7 Å². The normalized spacial score (nSPS) is 24.0. The van der Waals surface area contributed by atoms with Gasteiger partial charge in [0.2, 0.25) is 0 Å². The highest BCUT2D eigenvalue weighted by Crippen LogP contribution is 2.40. The van der Waals surface area contributed by atoms with E-state index in [1.54, 1.807) is 60.3 Å². The Kier molecular flexibility index (Phi) is 6.67. The number of ether oxygens (including phenoxy) is 4. The highest BCUT2D eigenvalue weighted by molar-refractivity contribution is 6.30.